The van der Waals surface area contributed by atoms with Crippen LogP contribution in [0.15, 0.2) is 54.2 Å². The average Bonchev–Trinajstić information content (AvgIpc) is 2.85. The van der Waals surface area contributed by atoms with Crippen LogP contribution in [0.2, 0.25) is 5.02 Å². The summed E-state index contributed by atoms with van der Waals surface area (Å²) in [5.41, 5.74) is 3.97. The van der Waals surface area contributed by atoms with E-state index < -0.39 is 0 Å². The van der Waals surface area contributed by atoms with Gasteiger partial charge in [0.15, 0.2) is 0 Å². The van der Waals surface area contributed by atoms with Crippen LogP contribution in [-0.2, 0) is 16.6 Å². The van der Waals surface area contributed by atoms with E-state index >= 15 is 0 Å². The van der Waals surface area contributed by atoms with Crippen LogP contribution < -0.4 is 9.64 Å². The number of fused-ring (bicyclic) bond motifs is 1. The summed E-state index contributed by atoms with van der Waals surface area (Å²) in [6.45, 7) is 5.05. The maximum atomic E-state index is 11.3. The summed E-state index contributed by atoms with van der Waals surface area (Å²) in [5, 5.41) is 0.744. The molecule has 1 atom stereocenters. The van der Waals surface area contributed by atoms with Crippen LogP contribution in [0.1, 0.15) is 25.0 Å². The molecule has 3 rings (SSSR count). The maximum Gasteiger partial charge on any atom is 0.144 e. The zero-order chi connectivity index (χ0) is 18.0. The van der Waals surface area contributed by atoms with Gasteiger partial charge in [0.2, 0.25) is 0 Å². The van der Waals surface area contributed by atoms with Crippen molar-refractivity contribution in [2.24, 2.45) is 0 Å². The number of rotatable bonds is 5. The van der Waals surface area contributed by atoms with Crippen molar-refractivity contribution >= 4 is 23.6 Å². The Morgan fingerprint density at radius 3 is 2.64 bits per heavy atom. The van der Waals surface area contributed by atoms with Gasteiger partial charge < -0.3 is 9.64 Å². The molecule has 0 spiro atoms. The van der Waals surface area contributed by atoms with Gasteiger partial charge in [-0.15, -0.1) is 0 Å². The molecule has 2 aromatic rings. The molecule has 25 heavy (non-hydrogen) atoms. The summed E-state index contributed by atoms with van der Waals surface area (Å²) in [6.07, 6.45) is 3.25. The number of allylic oxidation sites excluding steroid dienone is 2. The van der Waals surface area contributed by atoms with Gasteiger partial charge in [-0.25, -0.2) is 0 Å². The fraction of sp³-hybridized carbons (Fsp3) is 0.286. The molecule has 130 valence electrons. The number of ether oxygens (including phenoxy) is 1. The zero-order valence-electron chi connectivity index (χ0n) is 14.8. The first kappa shape index (κ1) is 17.6. The van der Waals surface area contributed by atoms with Gasteiger partial charge in [-0.3, -0.25) is 4.79 Å². The Kier molecular flexibility index (Phi) is 4.87. The number of halogens is 1. The molecule has 0 aliphatic carbocycles. The molecule has 0 saturated carbocycles. The normalized spacial score (nSPS) is 20.6. The van der Waals surface area contributed by atoms with E-state index in [0.717, 1.165) is 46.1 Å². The Bertz CT molecular complexity index is 830. The van der Waals surface area contributed by atoms with E-state index in [9.17, 15) is 4.79 Å². The van der Waals surface area contributed by atoms with Gasteiger partial charge in [0, 0.05) is 28.4 Å². The molecule has 0 saturated heterocycles. The molecule has 1 aliphatic rings. The lowest BCUT2D eigenvalue weighted by atomic mass is 9.76. The highest BCUT2D eigenvalue weighted by Crippen LogP contribution is 2.50. The SMILES string of the molecule is CCN1C(=CC=O)C(C)(Cc2ccccc2Cl)c2cc(OC)ccc21. The van der Waals surface area contributed by atoms with Crippen LogP contribution in [0.5, 0.6) is 5.75 Å². The largest absolute Gasteiger partial charge is 0.497 e. The Morgan fingerprint density at radius 1 is 1.24 bits per heavy atom. The fourth-order valence-corrected chi connectivity index (χ4v) is 3.98. The molecule has 0 fully saturated rings. The second kappa shape index (κ2) is 6.93. The number of hydrogen-bond acceptors (Lipinski definition) is 3. The number of methoxy groups -OCH3 is 1. The summed E-state index contributed by atoms with van der Waals surface area (Å²) in [7, 11) is 1.67. The highest BCUT2D eigenvalue weighted by atomic mass is 35.5. The Balaban J connectivity index is 2.19. The minimum absolute atomic E-state index is 0.355. The van der Waals surface area contributed by atoms with Gasteiger partial charge in [0.05, 0.1) is 7.11 Å². The molecule has 4 heteroatoms. The summed E-state index contributed by atoms with van der Waals surface area (Å²) >= 11 is 6.42. The van der Waals surface area contributed by atoms with Crippen LogP contribution >= 0.6 is 11.6 Å². The quantitative estimate of drug-likeness (QED) is 0.571. The van der Waals surface area contributed by atoms with Crippen molar-refractivity contribution in [3.63, 3.8) is 0 Å². The lowest BCUT2D eigenvalue weighted by Crippen LogP contribution is -2.30. The number of anilines is 1. The predicted octanol–water partition coefficient (Wildman–Crippen LogP) is 4.77. The van der Waals surface area contributed by atoms with E-state index in [-0.39, 0.29) is 5.41 Å². The number of hydrogen-bond donors (Lipinski definition) is 0. The Labute approximate surface area is 153 Å². The highest BCUT2D eigenvalue weighted by Gasteiger charge is 2.43. The zero-order valence-corrected chi connectivity index (χ0v) is 15.5. The summed E-state index contributed by atoms with van der Waals surface area (Å²) < 4.78 is 5.44. The number of benzene rings is 2. The first-order chi connectivity index (χ1) is 12.0. The molecule has 1 unspecified atom stereocenters. The van der Waals surface area contributed by atoms with E-state index in [4.69, 9.17) is 16.3 Å². The highest BCUT2D eigenvalue weighted by molar-refractivity contribution is 6.31. The van der Waals surface area contributed by atoms with Gasteiger partial charge in [-0.1, -0.05) is 29.8 Å². The number of likely N-dealkylation sites (N-methyl/N-ethyl adjacent to an activating group) is 1. The van der Waals surface area contributed by atoms with Crippen molar-refractivity contribution in [3.05, 3.63) is 70.4 Å². The molecular formula is C21H22ClNO2. The molecule has 0 aromatic heterocycles. The number of nitrogens with zero attached hydrogens (tertiary/aromatic N) is 1. The van der Waals surface area contributed by atoms with Crippen molar-refractivity contribution in [2.45, 2.75) is 25.7 Å². The second-order valence-corrected chi connectivity index (χ2v) is 6.82. The third-order valence-electron chi connectivity index (χ3n) is 4.99. The molecule has 1 heterocycles. The lowest BCUT2D eigenvalue weighted by Gasteiger charge is -2.30. The van der Waals surface area contributed by atoms with Gasteiger partial charge in [0.25, 0.3) is 0 Å². The molecule has 0 amide bonds. The molecule has 2 aromatic carbocycles. The van der Waals surface area contributed by atoms with Crippen molar-refractivity contribution in [1.29, 1.82) is 0 Å². The first-order valence-electron chi connectivity index (χ1n) is 8.40. The molecular weight excluding hydrogens is 334 g/mol. The van der Waals surface area contributed by atoms with Crippen molar-refractivity contribution in [3.8, 4) is 5.75 Å². The van der Waals surface area contributed by atoms with Crippen LogP contribution in [-0.4, -0.2) is 19.9 Å². The molecule has 0 radical (unpaired) electrons. The minimum Gasteiger partial charge on any atom is -0.497 e. The Morgan fingerprint density at radius 2 is 2.00 bits per heavy atom. The second-order valence-electron chi connectivity index (χ2n) is 6.42. The first-order valence-corrected chi connectivity index (χ1v) is 8.78. The van der Waals surface area contributed by atoms with Gasteiger partial charge in [-0.05, 0) is 61.7 Å². The molecule has 1 aliphatic heterocycles. The van der Waals surface area contributed by atoms with Crippen LogP contribution in [0.4, 0.5) is 5.69 Å². The van der Waals surface area contributed by atoms with Gasteiger partial charge in [0.1, 0.15) is 12.0 Å². The minimum atomic E-state index is -0.355. The lowest BCUT2D eigenvalue weighted by molar-refractivity contribution is -0.104. The fourth-order valence-electron chi connectivity index (χ4n) is 3.77. The van der Waals surface area contributed by atoms with Crippen molar-refractivity contribution in [1.82, 2.24) is 0 Å². The number of carbonyl (C=O) groups is 1. The number of carbonyl (C=O) groups excluding carboxylic acids is 1. The van der Waals surface area contributed by atoms with Gasteiger partial charge in [-0.2, -0.15) is 0 Å². The van der Waals surface area contributed by atoms with Crippen LogP contribution in [0.25, 0.3) is 0 Å². The molecule has 0 N–H and O–H groups in total. The van der Waals surface area contributed by atoms with E-state index in [2.05, 4.69) is 30.9 Å². The topological polar surface area (TPSA) is 29.5 Å². The van der Waals surface area contributed by atoms with E-state index in [1.165, 1.54) is 0 Å². The predicted molar refractivity (Wildman–Crippen MR) is 103 cm³/mol. The van der Waals surface area contributed by atoms with E-state index in [0.29, 0.717) is 6.42 Å². The van der Waals surface area contributed by atoms with Crippen LogP contribution in [0.3, 0.4) is 0 Å². The van der Waals surface area contributed by atoms with E-state index in [1.807, 2.05) is 30.3 Å². The average molecular weight is 356 g/mol. The molecule has 0 bridgehead atoms. The monoisotopic (exact) mass is 355 g/mol. The third kappa shape index (κ3) is 2.93. The van der Waals surface area contributed by atoms with Crippen LogP contribution in [0, 0.1) is 0 Å². The Hall–Kier alpha value is -2.26. The molecule has 3 nitrogen and oxygen atoms in total. The summed E-state index contributed by atoms with van der Waals surface area (Å²) in [6, 6.07) is 14.0. The summed E-state index contributed by atoms with van der Waals surface area (Å²) in [5.74, 6) is 0.813. The maximum absolute atomic E-state index is 11.3. The number of aldehydes is 1. The van der Waals surface area contributed by atoms with Crippen molar-refractivity contribution in [2.75, 3.05) is 18.6 Å². The smallest absolute Gasteiger partial charge is 0.144 e. The summed E-state index contributed by atoms with van der Waals surface area (Å²) in [4.78, 5) is 13.5. The van der Waals surface area contributed by atoms with E-state index in [1.54, 1.807) is 13.2 Å². The standard InChI is InChI=1S/C21H22ClNO2/c1-4-23-19-10-9-16(25-3)13-17(19)21(2,20(23)11-12-24)14-15-7-5-6-8-18(15)22/h5-13H,4,14H2,1-3H3. The van der Waals surface area contributed by atoms with Crippen molar-refractivity contribution < 1.29 is 9.53 Å². The van der Waals surface area contributed by atoms with Gasteiger partial charge >= 0.3 is 0 Å². The third-order valence-corrected chi connectivity index (χ3v) is 5.36.